The SMILES string of the molecule is CC(CCCN)[C@](C)(N)C(=O)O. The van der Waals surface area contributed by atoms with Crippen molar-refractivity contribution in [3.63, 3.8) is 0 Å². The molecule has 0 aromatic heterocycles. The molecule has 72 valence electrons. The Morgan fingerprint density at radius 3 is 2.50 bits per heavy atom. The second kappa shape index (κ2) is 4.42. The lowest BCUT2D eigenvalue weighted by Gasteiger charge is -2.26. The summed E-state index contributed by atoms with van der Waals surface area (Å²) in [6.07, 6.45) is 1.58. The Kier molecular flexibility index (Phi) is 4.20. The lowest BCUT2D eigenvalue weighted by molar-refractivity contribution is -0.144. The van der Waals surface area contributed by atoms with E-state index in [9.17, 15) is 4.79 Å². The third-order valence-corrected chi connectivity index (χ3v) is 2.33. The van der Waals surface area contributed by atoms with Gasteiger partial charge in [-0.25, -0.2) is 0 Å². The van der Waals surface area contributed by atoms with Gasteiger partial charge in [-0.1, -0.05) is 6.92 Å². The van der Waals surface area contributed by atoms with Gasteiger partial charge in [-0.05, 0) is 32.2 Å². The Morgan fingerprint density at radius 1 is 1.67 bits per heavy atom. The van der Waals surface area contributed by atoms with Crippen LogP contribution in [0, 0.1) is 5.92 Å². The van der Waals surface area contributed by atoms with Crippen molar-refractivity contribution in [1.29, 1.82) is 0 Å². The molecule has 0 saturated carbocycles. The molecular formula is C8H18N2O2. The highest BCUT2D eigenvalue weighted by Crippen LogP contribution is 2.18. The van der Waals surface area contributed by atoms with Gasteiger partial charge in [0.05, 0.1) is 0 Å². The van der Waals surface area contributed by atoms with E-state index in [1.54, 1.807) is 0 Å². The van der Waals surface area contributed by atoms with Crippen LogP contribution in [-0.2, 0) is 4.79 Å². The average molecular weight is 174 g/mol. The minimum atomic E-state index is -1.13. The van der Waals surface area contributed by atoms with Crippen LogP contribution in [0.4, 0.5) is 0 Å². The molecule has 5 N–H and O–H groups in total. The number of hydrogen-bond acceptors (Lipinski definition) is 3. The van der Waals surface area contributed by atoms with Gasteiger partial charge in [-0.2, -0.15) is 0 Å². The summed E-state index contributed by atoms with van der Waals surface area (Å²) in [4.78, 5) is 10.7. The average Bonchev–Trinajstić information content (AvgIpc) is 1.99. The van der Waals surface area contributed by atoms with Crippen LogP contribution in [0.5, 0.6) is 0 Å². The van der Waals surface area contributed by atoms with Crippen molar-refractivity contribution in [2.45, 2.75) is 32.2 Å². The van der Waals surface area contributed by atoms with Crippen molar-refractivity contribution in [1.82, 2.24) is 0 Å². The minimum absolute atomic E-state index is 0.0430. The van der Waals surface area contributed by atoms with Crippen LogP contribution in [0.2, 0.25) is 0 Å². The first-order valence-electron chi connectivity index (χ1n) is 4.15. The number of carboxylic acids is 1. The van der Waals surface area contributed by atoms with E-state index in [-0.39, 0.29) is 5.92 Å². The smallest absolute Gasteiger partial charge is 0.323 e. The highest BCUT2D eigenvalue weighted by atomic mass is 16.4. The van der Waals surface area contributed by atoms with Gasteiger partial charge >= 0.3 is 5.97 Å². The van der Waals surface area contributed by atoms with Crippen LogP contribution >= 0.6 is 0 Å². The predicted octanol–water partition coefficient (Wildman–Crippen LogP) is 0.163. The Labute approximate surface area is 72.9 Å². The van der Waals surface area contributed by atoms with Crippen LogP contribution in [0.15, 0.2) is 0 Å². The summed E-state index contributed by atoms with van der Waals surface area (Å²) in [7, 11) is 0. The van der Waals surface area contributed by atoms with Crippen molar-refractivity contribution in [3.05, 3.63) is 0 Å². The molecule has 0 aliphatic carbocycles. The molecule has 0 amide bonds. The maximum atomic E-state index is 10.7. The number of aliphatic carboxylic acids is 1. The van der Waals surface area contributed by atoms with E-state index in [1.807, 2.05) is 6.92 Å². The largest absolute Gasteiger partial charge is 0.480 e. The van der Waals surface area contributed by atoms with Crippen LogP contribution in [0.25, 0.3) is 0 Å². The molecule has 0 aromatic carbocycles. The second-order valence-corrected chi connectivity index (χ2v) is 3.42. The number of rotatable bonds is 5. The minimum Gasteiger partial charge on any atom is -0.480 e. The van der Waals surface area contributed by atoms with Crippen molar-refractivity contribution < 1.29 is 9.90 Å². The Morgan fingerprint density at radius 2 is 2.17 bits per heavy atom. The van der Waals surface area contributed by atoms with E-state index in [4.69, 9.17) is 16.6 Å². The molecule has 0 radical (unpaired) electrons. The molecule has 0 aliphatic heterocycles. The van der Waals surface area contributed by atoms with Gasteiger partial charge in [0, 0.05) is 0 Å². The third kappa shape index (κ3) is 2.79. The van der Waals surface area contributed by atoms with Gasteiger partial charge in [0.1, 0.15) is 5.54 Å². The maximum Gasteiger partial charge on any atom is 0.323 e. The van der Waals surface area contributed by atoms with Gasteiger partial charge in [-0.15, -0.1) is 0 Å². The van der Waals surface area contributed by atoms with Crippen molar-refractivity contribution in [3.8, 4) is 0 Å². The standard InChI is InChI=1S/C8H18N2O2/c1-6(4-3-5-9)8(2,10)7(11)12/h6H,3-5,9-10H2,1-2H3,(H,11,12)/t6?,8-/m0/s1. The Hall–Kier alpha value is -0.610. The summed E-state index contributed by atoms with van der Waals surface area (Å²) in [6.45, 7) is 3.96. The lowest BCUT2D eigenvalue weighted by Crippen LogP contribution is -2.50. The fourth-order valence-electron chi connectivity index (χ4n) is 0.935. The van der Waals surface area contributed by atoms with Gasteiger partial charge < -0.3 is 16.6 Å². The summed E-state index contributed by atoms with van der Waals surface area (Å²) < 4.78 is 0. The van der Waals surface area contributed by atoms with Crippen molar-refractivity contribution >= 4 is 5.97 Å². The summed E-state index contributed by atoms with van der Waals surface area (Å²) in [5.41, 5.74) is 9.78. The fourth-order valence-corrected chi connectivity index (χ4v) is 0.935. The third-order valence-electron chi connectivity index (χ3n) is 2.33. The number of nitrogens with two attached hydrogens (primary N) is 2. The predicted molar refractivity (Wildman–Crippen MR) is 47.7 cm³/mol. The molecule has 4 heteroatoms. The summed E-state index contributed by atoms with van der Waals surface area (Å²) in [5.74, 6) is -0.995. The topological polar surface area (TPSA) is 89.3 Å². The normalized spacial score (nSPS) is 18.3. The Balaban J connectivity index is 4.06. The molecule has 0 aromatic rings. The van der Waals surface area contributed by atoms with Gasteiger partial charge in [0.15, 0.2) is 0 Å². The molecule has 0 fully saturated rings. The van der Waals surface area contributed by atoms with E-state index < -0.39 is 11.5 Å². The number of hydrogen-bond donors (Lipinski definition) is 3. The van der Waals surface area contributed by atoms with E-state index in [2.05, 4.69) is 0 Å². The highest BCUT2D eigenvalue weighted by Gasteiger charge is 2.33. The van der Waals surface area contributed by atoms with Crippen molar-refractivity contribution in [2.24, 2.45) is 17.4 Å². The zero-order valence-electron chi connectivity index (χ0n) is 7.71. The first-order chi connectivity index (χ1) is 5.42. The molecule has 1 unspecified atom stereocenters. The van der Waals surface area contributed by atoms with E-state index in [1.165, 1.54) is 6.92 Å². The molecule has 0 rings (SSSR count). The monoisotopic (exact) mass is 174 g/mol. The summed E-state index contributed by atoms with van der Waals surface area (Å²) in [5, 5.41) is 8.75. The van der Waals surface area contributed by atoms with E-state index in [0.717, 1.165) is 12.8 Å². The maximum absolute atomic E-state index is 10.7. The fraction of sp³-hybridized carbons (Fsp3) is 0.875. The molecule has 0 bridgehead atoms. The van der Waals surface area contributed by atoms with E-state index >= 15 is 0 Å². The number of carboxylic acid groups (broad SMARTS) is 1. The van der Waals surface area contributed by atoms with Crippen LogP contribution in [-0.4, -0.2) is 23.2 Å². The highest BCUT2D eigenvalue weighted by molar-refractivity contribution is 5.78. The van der Waals surface area contributed by atoms with Crippen molar-refractivity contribution in [2.75, 3.05) is 6.54 Å². The Bertz CT molecular complexity index is 157. The van der Waals surface area contributed by atoms with E-state index in [0.29, 0.717) is 6.54 Å². The second-order valence-electron chi connectivity index (χ2n) is 3.42. The molecule has 0 saturated heterocycles. The molecule has 4 nitrogen and oxygen atoms in total. The zero-order valence-corrected chi connectivity index (χ0v) is 7.71. The van der Waals surface area contributed by atoms with Crippen LogP contribution in [0.1, 0.15) is 26.7 Å². The van der Waals surface area contributed by atoms with Crippen LogP contribution < -0.4 is 11.5 Å². The number of carbonyl (C=O) groups is 1. The molecule has 0 spiro atoms. The zero-order chi connectivity index (χ0) is 9.78. The quantitative estimate of drug-likeness (QED) is 0.554. The molecule has 0 aliphatic rings. The van der Waals surface area contributed by atoms with Gasteiger partial charge in [0.25, 0.3) is 0 Å². The van der Waals surface area contributed by atoms with Crippen LogP contribution in [0.3, 0.4) is 0 Å². The summed E-state index contributed by atoms with van der Waals surface area (Å²) in [6, 6.07) is 0. The molecule has 2 atom stereocenters. The molecule has 12 heavy (non-hydrogen) atoms. The summed E-state index contributed by atoms with van der Waals surface area (Å²) >= 11 is 0. The first-order valence-corrected chi connectivity index (χ1v) is 4.15. The molecular weight excluding hydrogens is 156 g/mol. The van der Waals surface area contributed by atoms with Gasteiger partial charge in [-0.3, -0.25) is 4.79 Å². The van der Waals surface area contributed by atoms with Gasteiger partial charge in [0.2, 0.25) is 0 Å². The lowest BCUT2D eigenvalue weighted by atomic mass is 9.85. The molecule has 0 heterocycles. The first kappa shape index (κ1) is 11.4.